The van der Waals surface area contributed by atoms with Gasteiger partial charge in [0.2, 0.25) is 0 Å². The Morgan fingerprint density at radius 3 is 1.72 bits per heavy atom. The predicted octanol–water partition coefficient (Wildman–Crippen LogP) is 10.3. The van der Waals surface area contributed by atoms with Crippen molar-refractivity contribution < 1.29 is 6.85 Å². The number of pyridine rings is 1. The minimum atomic E-state index is -2.90. The third-order valence-corrected chi connectivity index (χ3v) is 8.19. The van der Waals surface area contributed by atoms with Gasteiger partial charge < -0.3 is 0 Å². The number of benzene rings is 6. The zero-order valence-electron chi connectivity index (χ0n) is 28.2. The van der Waals surface area contributed by atoms with Crippen LogP contribution in [0.4, 0.5) is 0 Å². The van der Waals surface area contributed by atoms with Gasteiger partial charge in [0.1, 0.15) is 5.82 Å². The molecular formula is C40H29N3. The Bertz CT molecular complexity index is 2390. The number of aromatic nitrogens is 3. The Morgan fingerprint density at radius 2 is 1.14 bits per heavy atom. The van der Waals surface area contributed by atoms with Crippen molar-refractivity contribution in [2.45, 2.75) is 13.2 Å². The largest absolute Gasteiger partial charge is 0.296 e. The molecule has 0 atom stereocenters. The highest BCUT2D eigenvalue weighted by atomic mass is 15.1. The number of aryl methyl sites for hydroxylation is 1. The summed E-state index contributed by atoms with van der Waals surface area (Å²) in [5, 5.41) is 4.50. The fourth-order valence-corrected chi connectivity index (χ4v) is 6.26. The zero-order valence-corrected chi connectivity index (χ0v) is 23.2. The van der Waals surface area contributed by atoms with Gasteiger partial charge in [0.05, 0.1) is 11.0 Å². The van der Waals surface area contributed by atoms with E-state index in [9.17, 15) is 0 Å². The molecule has 0 N–H and O–H groups in total. The van der Waals surface area contributed by atoms with Crippen LogP contribution in [0.2, 0.25) is 0 Å². The summed E-state index contributed by atoms with van der Waals surface area (Å²) in [6, 6.07) is 44.7. The maximum Gasteiger partial charge on any atom is 0.114 e. The second kappa shape index (κ2) is 10.4. The highest BCUT2D eigenvalue weighted by Gasteiger charge is 2.17. The van der Waals surface area contributed by atoms with Crippen LogP contribution in [-0.2, 0) is 6.37 Å². The molecule has 3 nitrogen and oxygen atoms in total. The number of hydrogen-bond acceptors (Lipinski definition) is 2. The van der Waals surface area contributed by atoms with Crippen LogP contribution < -0.4 is 0 Å². The van der Waals surface area contributed by atoms with Crippen molar-refractivity contribution in [3.8, 4) is 39.1 Å². The third-order valence-electron chi connectivity index (χ3n) is 8.19. The minimum absolute atomic E-state index is 0.147. The summed E-state index contributed by atoms with van der Waals surface area (Å²) in [4.78, 5) is 8.75. The molecule has 0 unspecified atom stereocenters. The van der Waals surface area contributed by atoms with E-state index in [2.05, 4.69) is 88.8 Å². The van der Waals surface area contributed by atoms with E-state index in [1.165, 1.54) is 5.56 Å². The molecule has 204 valence electrons. The Kier molecular flexibility index (Phi) is 4.91. The van der Waals surface area contributed by atoms with Crippen molar-refractivity contribution in [1.82, 2.24) is 14.5 Å². The SMILES string of the molecule is [2H]C([2H])([2H])C([2H])([2H])c1nc2ccccc2n1-c1ccc(-c2c3ccccc3c(-c3ccc(-c4cccnc4)cc3)c3ccccc23)cc1. The number of nitrogens with zero attached hydrogens (tertiary/aromatic N) is 3. The third kappa shape index (κ3) is 4.21. The fraction of sp³-hybridized carbons (Fsp3) is 0.0500. The molecule has 0 spiro atoms. The van der Waals surface area contributed by atoms with E-state index >= 15 is 0 Å². The average molecular weight is 557 g/mol. The quantitative estimate of drug-likeness (QED) is 0.197. The Balaban J connectivity index is 1.30. The number of para-hydroxylation sites is 2. The molecule has 0 fully saturated rings. The average Bonchev–Trinajstić information content (AvgIpc) is 3.51. The lowest BCUT2D eigenvalue weighted by atomic mass is 9.85. The van der Waals surface area contributed by atoms with Crippen LogP contribution in [0, 0.1) is 0 Å². The fourth-order valence-electron chi connectivity index (χ4n) is 6.26. The molecule has 43 heavy (non-hydrogen) atoms. The van der Waals surface area contributed by atoms with E-state index in [1.807, 2.05) is 54.7 Å². The Hall–Kier alpha value is -5.54. The molecule has 6 aromatic carbocycles. The number of imidazole rings is 1. The van der Waals surface area contributed by atoms with E-state index in [4.69, 9.17) is 6.85 Å². The van der Waals surface area contributed by atoms with Gasteiger partial charge in [0.25, 0.3) is 0 Å². The number of fused-ring (bicyclic) bond motifs is 3. The minimum Gasteiger partial charge on any atom is -0.296 e. The van der Waals surface area contributed by atoms with E-state index < -0.39 is 13.2 Å². The van der Waals surface area contributed by atoms with Gasteiger partial charge in [-0.05, 0) is 85.3 Å². The van der Waals surface area contributed by atoms with Crippen molar-refractivity contribution >= 4 is 32.6 Å². The summed E-state index contributed by atoms with van der Waals surface area (Å²) < 4.78 is 42.6. The van der Waals surface area contributed by atoms with Crippen molar-refractivity contribution in [3.63, 3.8) is 0 Å². The van der Waals surface area contributed by atoms with Crippen LogP contribution in [0.3, 0.4) is 0 Å². The van der Waals surface area contributed by atoms with Gasteiger partial charge in [-0.3, -0.25) is 9.55 Å². The summed E-state index contributed by atoms with van der Waals surface area (Å²) >= 11 is 0. The molecule has 0 saturated heterocycles. The summed E-state index contributed by atoms with van der Waals surface area (Å²) in [5.74, 6) is -0.147. The summed E-state index contributed by atoms with van der Waals surface area (Å²) in [6.45, 7) is -2.90. The molecular weight excluding hydrogens is 522 g/mol. The zero-order chi connectivity index (χ0) is 33.0. The molecule has 3 heteroatoms. The summed E-state index contributed by atoms with van der Waals surface area (Å²) in [6.07, 6.45) is 0.991. The van der Waals surface area contributed by atoms with Crippen molar-refractivity contribution in [2.75, 3.05) is 0 Å². The first-order valence-electron chi connectivity index (χ1n) is 16.8. The lowest BCUT2D eigenvalue weighted by Crippen LogP contribution is -2.00. The number of hydrogen-bond donors (Lipinski definition) is 0. The van der Waals surface area contributed by atoms with E-state index in [0.29, 0.717) is 16.7 Å². The van der Waals surface area contributed by atoms with Gasteiger partial charge in [-0.15, -0.1) is 0 Å². The molecule has 0 aliphatic rings. The highest BCUT2D eigenvalue weighted by molar-refractivity contribution is 6.21. The van der Waals surface area contributed by atoms with E-state index in [0.717, 1.165) is 49.4 Å². The maximum atomic E-state index is 8.56. The molecule has 0 radical (unpaired) electrons. The summed E-state index contributed by atoms with van der Waals surface area (Å²) in [7, 11) is 0. The lowest BCUT2D eigenvalue weighted by molar-refractivity contribution is 0.908. The van der Waals surface area contributed by atoms with Crippen molar-refractivity contribution in [3.05, 3.63) is 152 Å². The standard InChI is InChI=1S/C40H29N3/c1-2-38-42-36-15-7-8-16-37(36)43(38)31-23-21-29(22-24-31)40-34-13-5-3-11-32(34)39(33-12-4-6-14-35(33)40)28-19-17-27(18-20-28)30-10-9-25-41-26-30/h3-26H,2H2,1H3/i1D3,2D2. The predicted molar refractivity (Wildman–Crippen MR) is 180 cm³/mol. The molecule has 0 saturated carbocycles. The van der Waals surface area contributed by atoms with Gasteiger partial charge >= 0.3 is 0 Å². The first-order chi connectivity index (χ1) is 23.2. The summed E-state index contributed by atoms with van der Waals surface area (Å²) in [5.41, 5.74) is 8.37. The first kappa shape index (κ1) is 20.4. The van der Waals surface area contributed by atoms with Crippen LogP contribution >= 0.6 is 0 Å². The van der Waals surface area contributed by atoms with E-state index in [1.54, 1.807) is 16.8 Å². The van der Waals surface area contributed by atoms with Gasteiger partial charge in [-0.1, -0.05) is 110 Å². The Morgan fingerprint density at radius 1 is 0.581 bits per heavy atom. The van der Waals surface area contributed by atoms with Crippen molar-refractivity contribution in [1.29, 1.82) is 0 Å². The van der Waals surface area contributed by atoms with Gasteiger partial charge in [0.15, 0.2) is 0 Å². The monoisotopic (exact) mass is 556 g/mol. The van der Waals surface area contributed by atoms with E-state index in [-0.39, 0.29) is 5.82 Å². The second-order valence-electron chi connectivity index (χ2n) is 10.6. The smallest absolute Gasteiger partial charge is 0.114 e. The van der Waals surface area contributed by atoms with Crippen LogP contribution in [0.1, 0.15) is 19.5 Å². The Labute approximate surface area is 257 Å². The molecule has 2 heterocycles. The van der Waals surface area contributed by atoms with Gasteiger partial charge in [-0.25, -0.2) is 4.98 Å². The molecule has 0 amide bonds. The number of rotatable bonds is 5. The molecule has 0 bridgehead atoms. The second-order valence-corrected chi connectivity index (χ2v) is 10.6. The molecule has 2 aromatic heterocycles. The van der Waals surface area contributed by atoms with Crippen LogP contribution in [0.25, 0.3) is 71.6 Å². The van der Waals surface area contributed by atoms with Crippen LogP contribution in [0.5, 0.6) is 0 Å². The van der Waals surface area contributed by atoms with Crippen LogP contribution in [-0.4, -0.2) is 14.5 Å². The van der Waals surface area contributed by atoms with Crippen molar-refractivity contribution in [2.24, 2.45) is 0 Å². The molecule has 8 rings (SSSR count). The molecule has 0 aliphatic heterocycles. The molecule has 8 aromatic rings. The van der Waals surface area contributed by atoms with Crippen LogP contribution in [0.15, 0.2) is 146 Å². The van der Waals surface area contributed by atoms with Gasteiger partial charge in [-0.2, -0.15) is 0 Å². The first-order valence-corrected chi connectivity index (χ1v) is 14.3. The maximum absolute atomic E-state index is 8.56. The van der Waals surface area contributed by atoms with Gasteiger partial charge in [0, 0.05) is 31.3 Å². The normalized spacial score (nSPS) is 13.8. The topological polar surface area (TPSA) is 30.7 Å². The highest BCUT2D eigenvalue weighted by Crippen LogP contribution is 2.44. The molecule has 0 aliphatic carbocycles. The lowest BCUT2D eigenvalue weighted by Gasteiger charge is -2.18.